The molecule has 12 heavy (non-hydrogen) atoms. The molecule has 4 atom stereocenters. The second-order valence-electron chi connectivity index (χ2n) is 4.49. The molecule has 0 heterocycles. The van der Waals surface area contributed by atoms with Gasteiger partial charge in [-0.05, 0) is 37.0 Å². The van der Waals surface area contributed by atoms with E-state index in [2.05, 4.69) is 20.8 Å². The van der Waals surface area contributed by atoms with Gasteiger partial charge in [-0.25, -0.2) is 0 Å². The molecular formula is C11H22O. The highest BCUT2D eigenvalue weighted by Crippen LogP contribution is 2.36. The van der Waals surface area contributed by atoms with Crippen LogP contribution in [0.2, 0.25) is 0 Å². The van der Waals surface area contributed by atoms with E-state index in [1.54, 1.807) is 0 Å². The molecule has 0 radical (unpaired) electrons. The average molecular weight is 170 g/mol. The Morgan fingerprint density at radius 2 is 2.08 bits per heavy atom. The maximum absolute atomic E-state index is 9.45. The number of aliphatic hydroxyl groups excluding tert-OH is 1. The largest absolute Gasteiger partial charge is 0.393 e. The van der Waals surface area contributed by atoms with Gasteiger partial charge in [0.05, 0.1) is 6.10 Å². The van der Waals surface area contributed by atoms with Gasteiger partial charge in [0.2, 0.25) is 0 Å². The van der Waals surface area contributed by atoms with Crippen molar-refractivity contribution >= 4 is 0 Å². The van der Waals surface area contributed by atoms with Crippen molar-refractivity contribution in [3.05, 3.63) is 0 Å². The van der Waals surface area contributed by atoms with E-state index in [-0.39, 0.29) is 6.10 Å². The lowest BCUT2D eigenvalue weighted by Crippen LogP contribution is -2.29. The molecule has 0 aromatic carbocycles. The minimum Gasteiger partial charge on any atom is -0.393 e. The van der Waals surface area contributed by atoms with Crippen molar-refractivity contribution < 1.29 is 5.11 Å². The summed E-state index contributed by atoms with van der Waals surface area (Å²) in [7, 11) is 0. The molecule has 0 bridgehead atoms. The van der Waals surface area contributed by atoms with Gasteiger partial charge in [-0.1, -0.05) is 27.2 Å². The van der Waals surface area contributed by atoms with Crippen LogP contribution in [0.15, 0.2) is 0 Å². The van der Waals surface area contributed by atoms with E-state index in [0.717, 1.165) is 30.6 Å². The second kappa shape index (κ2) is 4.27. The molecule has 1 fully saturated rings. The van der Waals surface area contributed by atoms with E-state index in [1.807, 2.05) is 0 Å². The first-order valence-electron chi connectivity index (χ1n) is 5.33. The first kappa shape index (κ1) is 10.0. The molecule has 1 saturated carbocycles. The lowest BCUT2D eigenvalue weighted by molar-refractivity contribution is 0.0555. The van der Waals surface area contributed by atoms with E-state index >= 15 is 0 Å². The smallest absolute Gasteiger partial charge is 0.0543 e. The molecule has 1 rings (SSSR count). The van der Waals surface area contributed by atoms with Crippen LogP contribution < -0.4 is 0 Å². The van der Waals surface area contributed by atoms with E-state index in [1.165, 1.54) is 12.8 Å². The maximum atomic E-state index is 9.45. The first-order valence-corrected chi connectivity index (χ1v) is 5.33. The lowest BCUT2D eigenvalue weighted by atomic mass is 9.72. The zero-order valence-corrected chi connectivity index (χ0v) is 8.59. The highest BCUT2D eigenvalue weighted by molar-refractivity contribution is 4.79. The Morgan fingerprint density at radius 1 is 1.42 bits per heavy atom. The predicted octanol–water partition coefficient (Wildman–Crippen LogP) is 2.83. The normalized spacial score (nSPS) is 39.5. The predicted molar refractivity (Wildman–Crippen MR) is 52.0 cm³/mol. The van der Waals surface area contributed by atoms with Gasteiger partial charge in [0.25, 0.3) is 0 Å². The van der Waals surface area contributed by atoms with Gasteiger partial charge in [-0.2, -0.15) is 0 Å². The van der Waals surface area contributed by atoms with Crippen LogP contribution >= 0.6 is 0 Å². The van der Waals surface area contributed by atoms with Crippen LogP contribution in [0.4, 0.5) is 0 Å². The third-order valence-electron chi connectivity index (χ3n) is 3.58. The summed E-state index contributed by atoms with van der Waals surface area (Å²) in [5.41, 5.74) is 0. The zero-order valence-electron chi connectivity index (χ0n) is 8.59. The van der Waals surface area contributed by atoms with Crippen LogP contribution in [0.5, 0.6) is 0 Å². The maximum Gasteiger partial charge on any atom is 0.0543 e. The van der Waals surface area contributed by atoms with Crippen molar-refractivity contribution in [3.63, 3.8) is 0 Å². The van der Waals surface area contributed by atoms with Crippen LogP contribution in [0.1, 0.15) is 46.5 Å². The fourth-order valence-electron chi connectivity index (χ4n) is 2.54. The average Bonchev–Trinajstić information content (AvgIpc) is 2.03. The standard InChI is InChI=1S/C11H22O/c1-4-8(2)11-6-5-10(12)7-9(11)3/h8-12H,4-7H2,1-3H3. The summed E-state index contributed by atoms with van der Waals surface area (Å²) in [6.07, 6.45) is 4.55. The molecule has 0 saturated heterocycles. The van der Waals surface area contributed by atoms with E-state index < -0.39 is 0 Å². The third-order valence-corrected chi connectivity index (χ3v) is 3.58. The quantitative estimate of drug-likeness (QED) is 0.675. The Kier molecular flexibility index (Phi) is 3.57. The van der Waals surface area contributed by atoms with Crippen LogP contribution in [0, 0.1) is 17.8 Å². The number of aliphatic hydroxyl groups is 1. The van der Waals surface area contributed by atoms with Crippen molar-refractivity contribution in [2.75, 3.05) is 0 Å². The molecule has 1 N–H and O–H groups in total. The summed E-state index contributed by atoms with van der Waals surface area (Å²) in [6, 6.07) is 0. The van der Waals surface area contributed by atoms with Gasteiger partial charge in [0.1, 0.15) is 0 Å². The second-order valence-corrected chi connectivity index (χ2v) is 4.49. The Hall–Kier alpha value is -0.0400. The first-order chi connectivity index (χ1) is 5.65. The molecule has 1 nitrogen and oxygen atoms in total. The van der Waals surface area contributed by atoms with Gasteiger partial charge >= 0.3 is 0 Å². The Balaban J connectivity index is 2.44. The molecule has 72 valence electrons. The molecule has 0 spiro atoms. The summed E-state index contributed by atoms with van der Waals surface area (Å²) in [5, 5.41) is 9.45. The molecular weight excluding hydrogens is 148 g/mol. The molecule has 1 heteroatoms. The van der Waals surface area contributed by atoms with Crippen molar-refractivity contribution in [1.82, 2.24) is 0 Å². The molecule has 0 aliphatic heterocycles. The highest BCUT2D eigenvalue weighted by Gasteiger charge is 2.29. The van der Waals surface area contributed by atoms with Crippen molar-refractivity contribution in [2.24, 2.45) is 17.8 Å². The zero-order chi connectivity index (χ0) is 9.14. The van der Waals surface area contributed by atoms with Gasteiger partial charge in [-0.3, -0.25) is 0 Å². The van der Waals surface area contributed by atoms with E-state index in [9.17, 15) is 5.11 Å². The fourth-order valence-corrected chi connectivity index (χ4v) is 2.54. The SMILES string of the molecule is CCC(C)C1CCC(O)CC1C. The summed E-state index contributed by atoms with van der Waals surface area (Å²) in [5.74, 6) is 2.43. The summed E-state index contributed by atoms with van der Waals surface area (Å²) in [6.45, 7) is 6.90. The van der Waals surface area contributed by atoms with Crippen molar-refractivity contribution in [1.29, 1.82) is 0 Å². The monoisotopic (exact) mass is 170 g/mol. The lowest BCUT2D eigenvalue weighted by Gasteiger charge is -2.35. The van der Waals surface area contributed by atoms with Crippen LogP contribution in [-0.4, -0.2) is 11.2 Å². The summed E-state index contributed by atoms with van der Waals surface area (Å²) in [4.78, 5) is 0. The molecule has 1 aliphatic rings. The van der Waals surface area contributed by atoms with Crippen LogP contribution in [0.25, 0.3) is 0 Å². The van der Waals surface area contributed by atoms with Gasteiger partial charge in [0, 0.05) is 0 Å². The Morgan fingerprint density at radius 3 is 2.58 bits per heavy atom. The van der Waals surface area contributed by atoms with E-state index in [4.69, 9.17) is 0 Å². The Bertz CT molecular complexity index is 133. The van der Waals surface area contributed by atoms with Gasteiger partial charge in [-0.15, -0.1) is 0 Å². The van der Waals surface area contributed by atoms with Crippen molar-refractivity contribution in [2.45, 2.75) is 52.6 Å². The minimum absolute atomic E-state index is 0.0136. The molecule has 0 amide bonds. The Labute approximate surface area is 76.2 Å². The topological polar surface area (TPSA) is 20.2 Å². The van der Waals surface area contributed by atoms with Gasteiger partial charge in [0.15, 0.2) is 0 Å². The molecule has 4 unspecified atom stereocenters. The molecule has 1 aliphatic carbocycles. The number of hydrogen-bond acceptors (Lipinski definition) is 1. The summed E-state index contributed by atoms with van der Waals surface area (Å²) >= 11 is 0. The molecule has 0 aromatic rings. The minimum atomic E-state index is -0.0136. The fraction of sp³-hybridized carbons (Fsp3) is 1.00. The number of rotatable bonds is 2. The third kappa shape index (κ3) is 2.22. The summed E-state index contributed by atoms with van der Waals surface area (Å²) < 4.78 is 0. The van der Waals surface area contributed by atoms with E-state index in [0.29, 0.717) is 0 Å². The van der Waals surface area contributed by atoms with Crippen LogP contribution in [-0.2, 0) is 0 Å². The highest BCUT2D eigenvalue weighted by atomic mass is 16.3. The van der Waals surface area contributed by atoms with Crippen LogP contribution in [0.3, 0.4) is 0 Å². The molecule has 0 aromatic heterocycles. The van der Waals surface area contributed by atoms with Crippen molar-refractivity contribution in [3.8, 4) is 0 Å². The van der Waals surface area contributed by atoms with Gasteiger partial charge < -0.3 is 5.11 Å². The number of hydrogen-bond donors (Lipinski definition) is 1.